The Morgan fingerprint density at radius 3 is 3.00 bits per heavy atom. The van der Waals surface area contributed by atoms with E-state index in [1.165, 1.54) is 0 Å². The van der Waals surface area contributed by atoms with E-state index in [0.29, 0.717) is 21.6 Å². The lowest BCUT2D eigenvalue weighted by molar-refractivity contribution is 0.0950. The van der Waals surface area contributed by atoms with Crippen LogP contribution in [0, 0.1) is 6.92 Å². The third kappa shape index (κ3) is 2.91. The second-order valence-electron chi connectivity index (χ2n) is 3.83. The summed E-state index contributed by atoms with van der Waals surface area (Å²) in [5, 5.41) is 10.1. The Hall–Kier alpha value is -1.33. The van der Waals surface area contributed by atoms with E-state index in [0.717, 1.165) is 11.3 Å². The number of hydrogen-bond acceptors (Lipinski definition) is 2. The molecule has 0 aliphatic rings. The first-order valence-corrected chi connectivity index (χ1v) is 6.47. The lowest BCUT2D eigenvalue weighted by atomic mass is 10.2. The zero-order valence-electron chi connectivity index (χ0n) is 9.63. The van der Waals surface area contributed by atoms with Crippen LogP contribution in [0.2, 0.25) is 5.02 Å². The van der Waals surface area contributed by atoms with E-state index in [9.17, 15) is 4.79 Å². The topological polar surface area (TPSA) is 57.8 Å². The van der Waals surface area contributed by atoms with Crippen molar-refractivity contribution in [1.29, 1.82) is 0 Å². The lowest BCUT2D eigenvalue weighted by Gasteiger charge is -2.06. The Morgan fingerprint density at radius 1 is 1.56 bits per heavy atom. The number of H-pyrrole nitrogens is 1. The van der Waals surface area contributed by atoms with Gasteiger partial charge >= 0.3 is 0 Å². The molecule has 1 heterocycles. The van der Waals surface area contributed by atoms with Gasteiger partial charge in [0.25, 0.3) is 5.91 Å². The number of benzene rings is 1. The first-order valence-electron chi connectivity index (χ1n) is 5.30. The third-order valence-corrected chi connectivity index (χ3v) is 3.47. The summed E-state index contributed by atoms with van der Waals surface area (Å²) in [6.45, 7) is 2.34. The maximum atomic E-state index is 12.0. The Bertz CT molecular complexity index is 582. The van der Waals surface area contributed by atoms with Gasteiger partial charge in [-0.25, -0.2) is 0 Å². The van der Waals surface area contributed by atoms with Crippen LogP contribution in [0.3, 0.4) is 0 Å². The molecule has 0 fully saturated rings. The van der Waals surface area contributed by atoms with Crippen molar-refractivity contribution in [2.45, 2.75) is 13.5 Å². The standard InChI is InChI=1S/C12H11BrClN3O/c1-7-8(6-16-17-7)5-15-12(18)10-4-9(14)2-3-11(10)13/h2-4,6H,5H2,1H3,(H,15,18)(H,16,17). The van der Waals surface area contributed by atoms with Crippen molar-refractivity contribution in [2.24, 2.45) is 0 Å². The fourth-order valence-electron chi connectivity index (χ4n) is 1.50. The van der Waals surface area contributed by atoms with Gasteiger partial charge in [0.05, 0.1) is 11.8 Å². The number of carbonyl (C=O) groups excluding carboxylic acids is 1. The first-order chi connectivity index (χ1) is 8.58. The van der Waals surface area contributed by atoms with Gasteiger partial charge in [-0.15, -0.1) is 0 Å². The van der Waals surface area contributed by atoms with Crippen LogP contribution in [0.5, 0.6) is 0 Å². The molecule has 0 bridgehead atoms. The lowest BCUT2D eigenvalue weighted by Crippen LogP contribution is -2.23. The first kappa shape index (κ1) is 13.1. The average Bonchev–Trinajstić information content (AvgIpc) is 2.75. The molecule has 0 saturated heterocycles. The van der Waals surface area contributed by atoms with Gasteiger partial charge in [-0.3, -0.25) is 9.89 Å². The molecule has 0 radical (unpaired) electrons. The van der Waals surface area contributed by atoms with Crippen molar-refractivity contribution in [3.63, 3.8) is 0 Å². The number of halogens is 2. The third-order valence-electron chi connectivity index (χ3n) is 2.55. The fourth-order valence-corrected chi connectivity index (χ4v) is 2.09. The number of aromatic nitrogens is 2. The van der Waals surface area contributed by atoms with Gasteiger partial charge in [0, 0.05) is 27.3 Å². The van der Waals surface area contributed by atoms with Gasteiger partial charge < -0.3 is 5.32 Å². The number of aromatic amines is 1. The summed E-state index contributed by atoms with van der Waals surface area (Å²) in [4.78, 5) is 12.0. The van der Waals surface area contributed by atoms with Crippen molar-refractivity contribution in [1.82, 2.24) is 15.5 Å². The Morgan fingerprint density at radius 2 is 2.33 bits per heavy atom. The molecule has 6 heteroatoms. The van der Waals surface area contributed by atoms with Crippen LogP contribution in [0.4, 0.5) is 0 Å². The van der Waals surface area contributed by atoms with Gasteiger partial charge in [-0.2, -0.15) is 5.10 Å². The maximum absolute atomic E-state index is 12.0. The summed E-state index contributed by atoms with van der Waals surface area (Å²) >= 11 is 9.20. The van der Waals surface area contributed by atoms with Gasteiger partial charge in [0.1, 0.15) is 0 Å². The molecule has 0 unspecified atom stereocenters. The Kier molecular flexibility index (Phi) is 4.04. The van der Waals surface area contributed by atoms with Crippen molar-refractivity contribution in [2.75, 3.05) is 0 Å². The average molecular weight is 329 g/mol. The molecule has 0 spiro atoms. The molecule has 2 rings (SSSR count). The number of aryl methyl sites for hydroxylation is 1. The van der Waals surface area contributed by atoms with E-state index in [2.05, 4.69) is 31.4 Å². The van der Waals surface area contributed by atoms with E-state index in [-0.39, 0.29) is 5.91 Å². The molecule has 94 valence electrons. The molecule has 2 N–H and O–H groups in total. The molecule has 1 aromatic carbocycles. The largest absolute Gasteiger partial charge is 0.348 e. The quantitative estimate of drug-likeness (QED) is 0.910. The van der Waals surface area contributed by atoms with Crippen LogP contribution < -0.4 is 5.32 Å². The zero-order valence-corrected chi connectivity index (χ0v) is 12.0. The van der Waals surface area contributed by atoms with Gasteiger partial charge in [-0.05, 0) is 41.1 Å². The molecule has 0 aliphatic carbocycles. The number of amides is 1. The van der Waals surface area contributed by atoms with E-state index in [1.807, 2.05) is 6.92 Å². The summed E-state index contributed by atoms with van der Waals surface area (Å²) < 4.78 is 0.716. The van der Waals surface area contributed by atoms with Crippen molar-refractivity contribution < 1.29 is 4.79 Å². The highest BCUT2D eigenvalue weighted by molar-refractivity contribution is 9.10. The summed E-state index contributed by atoms with van der Waals surface area (Å²) in [5.74, 6) is -0.176. The minimum absolute atomic E-state index is 0.176. The predicted molar refractivity (Wildman–Crippen MR) is 73.6 cm³/mol. The minimum Gasteiger partial charge on any atom is -0.348 e. The van der Waals surface area contributed by atoms with Crippen LogP contribution in [-0.2, 0) is 6.54 Å². The highest BCUT2D eigenvalue weighted by atomic mass is 79.9. The number of nitrogens with zero attached hydrogens (tertiary/aromatic N) is 1. The fraction of sp³-hybridized carbons (Fsp3) is 0.167. The second kappa shape index (κ2) is 5.54. The minimum atomic E-state index is -0.176. The normalized spacial score (nSPS) is 10.4. The maximum Gasteiger partial charge on any atom is 0.252 e. The van der Waals surface area contributed by atoms with Crippen LogP contribution in [0.1, 0.15) is 21.6 Å². The molecule has 0 saturated carbocycles. The van der Waals surface area contributed by atoms with E-state index in [4.69, 9.17) is 11.6 Å². The summed E-state index contributed by atoms with van der Waals surface area (Å²) in [7, 11) is 0. The summed E-state index contributed by atoms with van der Waals surface area (Å²) in [5.41, 5.74) is 2.42. The molecule has 1 aromatic heterocycles. The number of hydrogen-bond donors (Lipinski definition) is 2. The van der Waals surface area contributed by atoms with Crippen molar-refractivity contribution in [3.8, 4) is 0 Å². The van der Waals surface area contributed by atoms with Crippen molar-refractivity contribution in [3.05, 3.63) is 50.7 Å². The molecule has 18 heavy (non-hydrogen) atoms. The summed E-state index contributed by atoms with van der Waals surface area (Å²) in [6.07, 6.45) is 1.70. The molecule has 0 atom stereocenters. The molecule has 0 aliphatic heterocycles. The SMILES string of the molecule is Cc1[nH]ncc1CNC(=O)c1cc(Cl)ccc1Br. The smallest absolute Gasteiger partial charge is 0.252 e. The Balaban J connectivity index is 2.08. The number of carbonyl (C=O) groups is 1. The number of rotatable bonds is 3. The highest BCUT2D eigenvalue weighted by Crippen LogP contribution is 2.21. The van der Waals surface area contributed by atoms with Crippen LogP contribution in [-0.4, -0.2) is 16.1 Å². The second-order valence-corrected chi connectivity index (χ2v) is 5.12. The van der Waals surface area contributed by atoms with Crippen LogP contribution in [0.25, 0.3) is 0 Å². The van der Waals surface area contributed by atoms with Gasteiger partial charge in [0.2, 0.25) is 0 Å². The molecular formula is C12H11BrClN3O. The highest BCUT2D eigenvalue weighted by Gasteiger charge is 2.11. The van der Waals surface area contributed by atoms with Crippen molar-refractivity contribution >= 4 is 33.4 Å². The van der Waals surface area contributed by atoms with E-state index < -0.39 is 0 Å². The molecule has 2 aromatic rings. The van der Waals surface area contributed by atoms with Crippen LogP contribution in [0.15, 0.2) is 28.9 Å². The van der Waals surface area contributed by atoms with E-state index >= 15 is 0 Å². The number of nitrogens with one attached hydrogen (secondary N) is 2. The molecule has 4 nitrogen and oxygen atoms in total. The Labute approximate surface area is 118 Å². The monoisotopic (exact) mass is 327 g/mol. The predicted octanol–water partition coefficient (Wildman–Crippen LogP) is 3.06. The van der Waals surface area contributed by atoms with Gasteiger partial charge in [-0.1, -0.05) is 11.6 Å². The van der Waals surface area contributed by atoms with Crippen LogP contribution >= 0.6 is 27.5 Å². The zero-order chi connectivity index (χ0) is 13.1. The van der Waals surface area contributed by atoms with E-state index in [1.54, 1.807) is 24.4 Å². The summed E-state index contributed by atoms with van der Waals surface area (Å²) in [6, 6.07) is 5.10. The molecule has 1 amide bonds. The molecular weight excluding hydrogens is 318 g/mol. The van der Waals surface area contributed by atoms with Gasteiger partial charge in [0.15, 0.2) is 0 Å².